The number of aryl methyl sites for hydroxylation is 1. The molecule has 154 valence electrons. The summed E-state index contributed by atoms with van der Waals surface area (Å²) in [6.07, 6.45) is 1.65. The number of methoxy groups -OCH3 is 2. The van der Waals surface area contributed by atoms with Crippen molar-refractivity contribution in [3.63, 3.8) is 0 Å². The van der Waals surface area contributed by atoms with Gasteiger partial charge < -0.3 is 14.8 Å². The number of hydrogen-bond donors (Lipinski definition) is 1. The van der Waals surface area contributed by atoms with Crippen LogP contribution in [0, 0.1) is 6.92 Å². The number of carbonyl (C=O) groups is 1. The molecule has 0 unspecified atom stereocenters. The molecule has 0 saturated carbocycles. The van der Waals surface area contributed by atoms with E-state index >= 15 is 0 Å². The normalized spacial score (nSPS) is 10.8. The van der Waals surface area contributed by atoms with Crippen molar-refractivity contribution in [3.8, 4) is 21.4 Å². The van der Waals surface area contributed by atoms with Crippen molar-refractivity contribution in [2.75, 3.05) is 19.5 Å². The van der Waals surface area contributed by atoms with Crippen LogP contribution in [-0.2, 0) is 6.54 Å². The van der Waals surface area contributed by atoms with Crippen molar-refractivity contribution >= 4 is 34.4 Å². The Morgan fingerprint density at radius 1 is 1.17 bits per heavy atom. The Bertz CT molecular complexity index is 1170. The summed E-state index contributed by atoms with van der Waals surface area (Å²) in [4.78, 5) is 19.1. The highest BCUT2D eigenvalue weighted by Crippen LogP contribution is 2.33. The van der Waals surface area contributed by atoms with Crippen LogP contribution in [0.4, 0.5) is 5.82 Å². The highest BCUT2D eigenvalue weighted by Gasteiger charge is 2.19. The first-order valence-corrected chi connectivity index (χ1v) is 10.8. The van der Waals surface area contributed by atoms with E-state index in [0.29, 0.717) is 34.4 Å². The number of aromatic nitrogens is 3. The third kappa shape index (κ3) is 3.94. The van der Waals surface area contributed by atoms with Gasteiger partial charge in [0.05, 0.1) is 37.5 Å². The molecule has 0 atom stereocenters. The second kappa shape index (κ2) is 8.68. The number of thiazole rings is 1. The third-order valence-corrected chi connectivity index (χ3v) is 6.69. The van der Waals surface area contributed by atoms with E-state index in [1.54, 1.807) is 42.5 Å². The summed E-state index contributed by atoms with van der Waals surface area (Å²) < 4.78 is 12.6. The van der Waals surface area contributed by atoms with Crippen LogP contribution in [0.25, 0.3) is 9.88 Å². The van der Waals surface area contributed by atoms with Crippen LogP contribution < -0.4 is 14.8 Å². The van der Waals surface area contributed by atoms with E-state index in [1.165, 1.54) is 11.3 Å². The minimum absolute atomic E-state index is 0.202. The predicted octanol–water partition coefficient (Wildman–Crippen LogP) is 4.69. The Morgan fingerprint density at radius 2 is 2.03 bits per heavy atom. The van der Waals surface area contributed by atoms with E-state index in [0.717, 1.165) is 15.4 Å². The second-order valence-corrected chi connectivity index (χ2v) is 8.34. The standard InChI is InChI=1S/C21H20N4O3S2/c1-13-19(30-21(23-13)16-8-5-11-29-16)20(26)24-17-9-10-22-25(17)12-14-6-4-7-15(27-2)18(14)28-3/h4-11H,12H2,1-3H3,(H,24,26). The fraction of sp³-hybridized carbons (Fsp3) is 0.190. The van der Waals surface area contributed by atoms with Gasteiger partial charge in [0.25, 0.3) is 5.91 Å². The number of nitrogens with zero attached hydrogens (tertiary/aromatic N) is 3. The van der Waals surface area contributed by atoms with Crippen LogP contribution in [0.15, 0.2) is 48.0 Å². The van der Waals surface area contributed by atoms with Crippen LogP contribution in [0.2, 0.25) is 0 Å². The lowest BCUT2D eigenvalue weighted by atomic mass is 10.2. The average molecular weight is 441 g/mol. The Labute approximate surface area is 181 Å². The fourth-order valence-electron chi connectivity index (χ4n) is 3.09. The van der Waals surface area contributed by atoms with Crippen molar-refractivity contribution in [2.24, 2.45) is 0 Å². The molecule has 9 heteroatoms. The first-order valence-electron chi connectivity index (χ1n) is 9.15. The molecule has 0 saturated heterocycles. The van der Waals surface area contributed by atoms with Crippen LogP contribution in [-0.4, -0.2) is 34.9 Å². The van der Waals surface area contributed by atoms with Gasteiger partial charge in [-0.2, -0.15) is 5.10 Å². The van der Waals surface area contributed by atoms with Gasteiger partial charge in [-0.1, -0.05) is 18.2 Å². The van der Waals surface area contributed by atoms with E-state index in [1.807, 2.05) is 42.6 Å². The van der Waals surface area contributed by atoms with E-state index in [2.05, 4.69) is 15.4 Å². The molecule has 0 aliphatic rings. The first kappa shape index (κ1) is 20.1. The molecule has 1 N–H and O–H groups in total. The Morgan fingerprint density at radius 3 is 2.77 bits per heavy atom. The maximum absolute atomic E-state index is 12.9. The maximum Gasteiger partial charge on any atom is 0.268 e. The Balaban J connectivity index is 1.56. The summed E-state index contributed by atoms with van der Waals surface area (Å²) in [6.45, 7) is 2.27. The van der Waals surface area contributed by atoms with Crippen molar-refractivity contribution in [3.05, 3.63) is 64.1 Å². The molecule has 3 heterocycles. The molecular formula is C21H20N4O3S2. The summed E-state index contributed by atoms with van der Waals surface area (Å²) >= 11 is 2.99. The number of para-hydroxylation sites is 1. The predicted molar refractivity (Wildman–Crippen MR) is 119 cm³/mol. The molecule has 3 aromatic heterocycles. The summed E-state index contributed by atoms with van der Waals surface area (Å²) in [5.74, 6) is 1.68. The number of rotatable bonds is 7. The van der Waals surface area contributed by atoms with Crippen LogP contribution in [0.5, 0.6) is 11.5 Å². The molecule has 4 rings (SSSR count). The number of nitrogens with one attached hydrogen (secondary N) is 1. The molecule has 7 nitrogen and oxygen atoms in total. The Hall–Kier alpha value is -3.17. The molecule has 4 aromatic rings. The lowest BCUT2D eigenvalue weighted by Gasteiger charge is -2.14. The lowest BCUT2D eigenvalue weighted by molar-refractivity contribution is 0.102. The van der Waals surface area contributed by atoms with E-state index < -0.39 is 0 Å². The van der Waals surface area contributed by atoms with Gasteiger partial charge in [0.2, 0.25) is 0 Å². The minimum atomic E-state index is -0.202. The number of benzene rings is 1. The fourth-order valence-corrected chi connectivity index (χ4v) is 4.85. The monoisotopic (exact) mass is 440 g/mol. The molecule has 1 amide bonds. The van der Waals surface area contributed by atoms with Gasteiger partial charge in [-0.05, 0) is 24.4 Å². The van der Waals surface area contributed by atoms with Crippen LogP contribution in [0.3, 0.4) is 0 Å². The van der Waals surface area contributed by atoms with Gasteiger partial charge in [-0.3, -0.25) is 4.79 Å². The summed E-state index contributed by atoms with van der Waals surface area (Å²) in [6, 6.07) is 11.4. The number of ether oxygens (including phenoxy) is 2. The molecule has 1 aromatic carbocycles. The van der Waals surface area contributed by atoms with Crippen molar-refractivity contribution in [1.29, 1.82) is 0 Å². The van der Waals surface area contributed by atoms with Gasteiger partial charge >= 0.3 is 0 Å². The van der Waals surface area contributed by atoms with Crippen LogP contribution >= 0.6 is 22.7 Å². The lowest BCUT2D eigenvalue weighted by Crippen LogP contribution is -2.16. The zero-order chi connectivity index (χ0) is 21.1. The maximum atomic E-state index is 12.9. The van der Waals surface area contributed by atoms with Crippen molar-refractivity contribution in [2.45, 2.75) is 13.5 Å². The van der Waals surface area contributed by atoms with Gasteiger partial charge in [0.15, 0.2) is 11.5 Å². The van der Waals surface area contributed by atoms with E-state index in [9.17, 15) is 4.79 Å². The van der Waals surface area contributed by atoms with Gasteiger partial charge in [-0.15, -0.1) is 22.7 Å². The van der Waals surface area contributed by atoms with Crippen molar-refractivity contribution in [1.82, 2.24) is 14.8 Å². The molecule has 0 fully saturated rings. The number of carbonyl (C=O) groups excluding carboxylic acids is 1. The van der Waals surface area contributed by atoms with Gasteiger partial charge in [-0.25, -0.2) is 9.67 Å². The van der Waals surface area contributed by atoms with E-state index in [-0.39, 0.29) is 5.91 Å². The molecule has 0 aliphatic carbocycles. The van der Waals surface area contributed by atoms with Crippen molar-refractivity contribution < 1.29 is 14.3 Å². The summed E-state index contributed by atoms with van der Waals surface area (Å²) in [5.41, 5.74) is 1.60. The molecule has 0 spiro atoms. The quantitative estimate of drug-likeness (QED) is 0.451. The highest BCUT2D eigenvalue weighted by atomic mass is 32.1. The number of amides is 1. The zero-order valence-electron chi connectivity index (χ0n) is 16.7. The topological polar surface area (TPSA) is 78.3 Å². The minimum Gasteiger partial charge on any atom is -0.493 e. The van der Waals surface area contributed by atoms with Gasteiger partial charge in [0.1, 0.15) is 15.7 Å². The second-order valence-electron chi connectivity index (χ2n) is 6.39. The molecular weight excluding hydrogens is 420 g/mol. The molecule has 0 aliphatic heterocycles. The summed E-state index contributed by atoms with van der Waals surface area (Å²) in [7, 11) is 3.20. The average Bonchev–Trinajstić information content (AvgIpc) is 3.49. The molecule has 0 bridgehead atoms. The smallest absolute Gasteiger partial charge is 0.268 e. The van der Waals surface area contributed by atoms with Crippen LogP contribution in [0.1, 0.15) is 20.9 Å². The number of thiophene rings is 1. The Kier molecular flexibility index (Phi) is 5.82. The zero-order valence-corrected chi connectivity index (χ0v) is 18.3. The number of anilines is 1. The third-order valence-electron chi connectivity index (χ3n) is 4.50. The molecule has 0 radical (unpaired) electrons. The van der Waals surface area contributed by atoms with Gasteiger partial charge in [0, 0.05) is 11.6 Å². The molecule has 30 heavy (non-hydrogen) atoms. The first-order chi connectivity index (χ1) is 14.6. The summed E-state index contributed by atoms with van der Waals surface area (Å²) in [5, 5.41) is 10.2. The largest absolute Gasteiger partial charge is 0.493 e. The van der Waals surface area contributed by atoms with E-state index in [4.69, 9.17) is 9.47 Å². The SMILES string of the molecule is COc1cccc(Cn2nccc2NC(=O)c2sc(-c3cccs3)nc2C)c1OC. The number of hydrogen-bond acceptors (Lipinski definition) is 7. The highest BCUT2D eigenvalue weighted by molar-refractivity contribution is 7.22.